The van der Waals surface area contributed by atoms with Gasteiger partial charge in [0.15, 0.2) is 0 Å². The van der Waals surface area contributed by atoms with E-state index in [1.54, 1.807) is 24.3 Å². The topological polar surface area (TPSA) is 123 Å². The second-order valence-electron chi connectivity index (χ2n) is 5.30. The number of hydrogen-bond acceptors (Lipinski definition) is 5. The number of para-hydroxylation sites is 1. The Hall–Kier alpha value is -3.39. The van der Waals surface area contributed by atoms with E-state index in [-0.39, 0.29) is 13.1 Å². The Kier molecular flexibility index (Phi) is 7.14. The standard InChI is InChI=1S/C18H20N4O4/c19-22-17(24)11-20-16(23)10-21-18(25)14-8-4-5-9-15(14)26-12-13-6-2-1-3-7-13/h1-9H,10-12,19H2,(H,20,23)(H,21,25)(H,22,24). The van der Waals surface area contributed by atoms with Crippen LogP contribution in [0.5, 0.6) is 5.75 Å². The van der Waals surface area contributed by atoms with Gasteiger partial charge >= 0.3 is 0 Å². The average Bonchev–Trinajstić information content (AvgIpc) is 2.69. The molecule has 0 unspecified atom stereocenters. The van der Waals surface area contributed by atoms with Gasteiger partial charge in [0.25, 0.3) is 11.8 Å². The normalized spacial score (nSPS) is 9.88. The van der Waals surface area contributed by atoms with Crippen molar-refractivity contribution in [3.05, 3.63) is 65.7 Å². The van der Waals surface area contributed by atoms with Gasteiger partial charge in [0.05, 0.1) is 18.7 Å². The van der Waals surface area contributed by atoms with Crippen LogP contribution in [0.3, 0.4) is 0 Å². The van der Waals surface area contributed by atoms with Crippen molar-refractivity contribution in [3.8, 4) is 5.75 Å². The fourth-order valence-corrected chi connectivity index (χ4v) is 2.06. The minimum atomic E-state index is -0.538. The number of nitrogens with one attached hydrogen (secondary N) is 3. The molecule has 0 aliphatic heterocycles. The zero-order valence-corrected chi connectivity index (χ0v) is 14.0. The first-order valence-corrected chi connectivity index (χ1v) is 7.90. The van der Waals surface area contributed by atoms with Crippen LogP contribution in [-0.2, 0) is 16.2 Å². The maximum Gasteiger partial charge on any atom is 0.255 e. The zero-order valence-electron chi connectivity index (χ0n) is 14.0. The van der Waals surface area contributed by atoms with E-state index in [9.17, 15) is 14.4 Å². The summed E-state index contributed by atoms with van der Waals surface area (Å²) in [7, 11) is 0. The summed E-state index contributed by atoms with van der Waals surface area (Å²) in [6.45, 7) is -0.217. The number of hydrogen-bond donors (Lipinski definition) is 4. The molecule has 2 aromatic carbocycles. The summed E-state index contributed by atoms with van der Waals surface area (Å²) in [5.41, 5.74) is 3.18. The second-order valence-corrected chi connectivity index (χ2v) is 5.30. The van der Waals surface area contributed by atoms with Crippen molar-refractivity contribution in [2.24, 2.45) is 5.84 Å². The molecule has 5 N–H and O–H groups in total. The molecule has 0 spiro atoms. The molecule has 0 saturated carbocycles. The van der Waals surface area contributed by atoms with Crippen LogP contribution in [-0.4, -0.2) is 30.8 Å². The van der Waals surface area contributed by atoms with Gasteiger partial charge in [-0.1, -0.05) is 42.5 Å². The monoisotopic (exact) mass is 356 g/mol. The minimum absolute atomic E-state index is 0.262. The highest BCUT2D eigenvalue weighted by Gasteiger charge is 2.13. The maximum absolute atomic E-state index is 12.3. The third-order valence-corrected chi connectivity index (χ3v) is 3.39. The summed E-state index contributed by atoms with van der Waals surface area (Å²) < 4.78 is 5.72. The number of benzene rings is 2. The fourth-order valence-electron chi connectivity index (χ4n) is 2.06. The van der Waals surface area contributed by atoms with Crippen molar-refractivity contribution in [2.45, 2.75) is 6.61 Å². The van der Waals surface area contributed by atoms with Gasteiger partial charge in [-0.25, -0.2) is 5.84 Å². The Bertz CT molecular complexity index is 765. The molecule has 136 valence electrons. The second kappa shape index (κ2) is 9.80. The van der Waals surface area contributed by atoms with Crippen molar-refractivity contribution in [1.82, 2.24) is 16.1 Å². The number of nitrogens with two attached hydrogens (primary N) is 1. The van der Waals surface area contributed by atoms with E-state index >= 15 is 0 Å². The first-order valence-electron chi connectivity index (χ1n) is 7.90. The maximum atomic E-state index is 12.3. The molecular weight excluding hydrogens is 336 g/mol. The molecule has 3 amide bonds. The first kappa shape index (κ1) is 18.9. The Labute approximate surface area is 150 Å². The van der Waals surface area contributed by atoms with E-state index < -0.39 is 17.7 Å². The van der Waals surface area contributed by atoms with E-state index in [2.05, 4.69) is 10.6 Å². The molecule has 0 aliphatic rings. The molecule has 0 saturated heterocycles. The van der Waals surface area contributed by atoms with Crippen LogP contribution in [0.1, 0.15) is 15.9 Å². The lowest BCUT2D eigenvalue weighted by molar-refractivity contribution is -0.125. The van der Waals surface area contributed by atoms with Gasteiger partial charge < -0.3 is 15.4 Å². The van der Waals surface area contributed by atoms with Gasteiger partial charge in [-0.15, -0.1) is 0 Å². The number of rotatable bonds is 8. The zero-order chi connectivity index (χ0) is 18.8. The van der Waals surface area contributed by atoms with Gasteiger partial charge in [-0.05, 0) is 17.7 Å². The van der Waals surface area contributed by atoms with Crippen LogP contribution in [0.2, 0.25) is 0 Å². The summed E-state index contributed by atoms with van der Waals surface area (Å²) >= 11 is 0. The molecule has 8 nitrogen and oxygen atoms in total. The predicted octanol–water partition coefficient (Wildman–Crippen LogP) is 0.102. The van der Waals surface area contributed by atoms with Crippen LogP contribution >= 0.6 is 0 Å². The van der Waals surface area contributed by atoms with E-state index in [1.807, 2.05) is 35.8 Å². The fraction of sp³-hybridized carbons (Fsp3) is 0.167. The summed E-state index contributed by atoms with van der Waals surface area (Å²) in [6, 6.07) is 16.3. The molecular formula is C18H20N4O4. The van der Waals surface area contributed by atoms with Crippen molar-refractivity contribution in [2.75, 3.05) is 13.1 Å². The van der Waals surface area contributed by atoms with Gasteiger partial charge in [-0.3, -0.25) is 19.8 Å². The Morgan fingerprint density at radius 2 is 1.50 bits per heavy atom. The molecule has 2 rings (SSSR count). The quantitative estimate of drug-likeness (QED) is 0.304. The molecule has 0 aromatic heterocycles. The summed E-state index contributed by atoms with van der Waals surface area (Å²) in [6.07, 6.45) is 0. The number of carbonyl (C=O) groups is 3. The highest BCUT2D eigenvalue weighted by molar-refractivity contribution is 5.99. The Balaban J connectivity index is 1.90. The van der Waals surface area contributed by atoms with E-state index in [0.29, 0.717) is 17.9 Å². The van der Waals surface area contributed by atoms with E-state index in [4.69, 9.17) is 10.6 Å². The molecule has 0 heterocycles. The molecule has 0 fully saturated rings. The van der Waals surface area contributed by atoms with Crippen molar-refractivity contribution in [1.29, 1.82) is 0 Å². The van der Waals surface area contributed by atoms with Crippen molar-refractivity contribution in [3.63, 3.8) is 0 Å². The summed E-state index contributed by atoms with van der Waals surface area (Å²) in [5, 5.41) is 4.81. The molecule has 8 heteroatoms. The molecule has 0 bridgehead atoms. The van der Waals surface area contributed by atoms with Crippen molar-refractivity contribution >= 4 is 17.7 Å². The van der Waals surface area contributed by atoms with Crippen LogP contribution in [0, 0.1) is 0 Å². The lowest BCUT2D eigenvalue weighted by Crippen LogP contribution is -2.43. The van der Waals surface area contributed by atoms with Crippen LogP contribution in [0.4, 0.5) is 0 Å². The number of amides is 3. The summed E-state index contributed by atoms with van der Waals surface area (Å²) in [5.74, 6) is 3.82. The Morgan fingerprint density at radius 3 is 2.23 bits per heavy atom. The van der Waals surface area contributed by atoms with Crippen LogP contribution < -0.4 is 26.6 Å². The van der Waals surface area contributed by atoms with Gasteiger partial charge in [0, 0.05) is 0 Å². The highest BCUT2D eigenvalue weighted by Crippen LogP contribution is 2.19. The smallest absolute Gasteiger partial charge is 0.255 e. The third-order valence-electron chi connectivity index (χ3n) is 3.39. The molecule has 0 aliphatic carbocycles. The van der Waals surface area contributed by atoms with Crippen molar-refractivity contribution < 1.29 is 19.1 Å². The first-order chi connectivity index (χ1) is 12.6. The lowest BCUT2D eigenvalue weighted by Gasteiger charge is -2.12. The molecule has 0 atom stereocenters. The number of hydrazine groups is 1. The average molecular weight is 356 g/mol. The predicted molar refractivity (Wildman–Crippen MR) is 94.9 cm³/mol. The summed E-state index contributed by atoms with van der Waals surface area (Å²) in [4.78, 5) is 34.9. The van der Waals surface area contributed by atoms with Gasteiger partial charge in [-0.2, -0.15) is 0 Å². The van der Waals surface area contributed by atoms with Gasteiger partial charge in [0.1, 0.15) is 12.4 Å². The van der Waals surface area contributed by atoms with E-state index in [1.165, 1.54) is 0 Å². The third kappa shape index (κ3) is 5.91. The molecule has 26 heavy (non-hydrogen) atoms. The van der Waals surface area contributed by atoms with E-state index in [0.717, 1.165) is 5.56 Å². The largest absolute Gasteiger partial charge is 0.488 e. The SMILES string of the molecule is NNC(=O)CNC(=O)CNC(=O)c1ccccc1OCc1ccccc1. The number of ether oxygens (including phenoxy) is 1. The number of carbonyl (C=O) groups excluding carboxylic acids is 3. The van der Waals surface area contributed by atoms with Gasteiger partial charge in [0.2, 0.25) is 5.91 Å². The lowest BCUT2D eigenvalue weighted by atomic mass is 10.2. The Morgan fingerprint density at radius 1 is 0.846 bits per heavy atom. The minimum Gasteiger partial charge on any atom is -0.488 e. The molecule has 2 aromatic rings. The van der Waals surface area contributed by atoms with Crippen LogP contribution in [0.25, 0.3) is 0 Å². The van der Waals surface area contributed by atoms with Crippen LogP contribution in [0.15, 0.2) is 54.6 Å². The highest BCUT2D eigenvalue weighted by atomic mass is 16.5. The molecule has 0 radical (unpaired) electrons.